The van der Waals surface area contributed by atoms with Crippen LogP contribution < -0.4 is 4.74 Å². The number of benzene rings is 1. The van der Waals surface area contributed by atoms with E-state index in [0.717, 1.165) is 16.0 Å². The second-order valence-electron chi connectivity index (χ2n) is 5.57. The summed E-state index contributed by atoms with van der Waals surface area (Å²) in [5.41, 5.74) is -0.0373. The van der Waals surface area contributed by atoms with Crippen LogP contribution in [0.3, 0.4) is 0 Å². The third kappa shape index (κ3) is 4.66. The van der Waals surface area contributed by atoms with Gasteiger partial charge in [0.2, 0.25) is 0 Å². The van der Waals surface area contributed by atoms with Gasteiger partial charge in [0.25, 0.3) is 0 Å². The lowest BCUT2D eigenvalue weighted by molar-refractivity contribution is -0.385. The average molecular weight is 453 g/mol. The molecule has 0 bridgehead atoms. The number of nitrogens with zero attached hydrogens (tertiary/aromatic N) is 6. The Kier molecular flexibility index (Phi) is 6.11. The summed E-state index contributed by atoms with van der Waals surface area (Å²) in [7, 11) is 0. The van der Waals surface area contributed by atoms with Crippen LogP contribution in [0.1, 0.15) is 25.8 Å². The number of hydrogen-bond donors (Lipinski definition) is 0. The molecule has 0 fully saturated rings. The van der Waals surface area contributed by atoms with Crippen molar-refractivity contribution in [2.24, 2.45) is 0 Å². The van der Waals surface area contributed by atoms with Gasteiger partial charge in [0.05, 0.1) is 10.8 Å². The van der Waals surface area contributed by atoms with Gasteiger partial charge in [-0.25, -0.2) is 0 Å². The predicted octanol–water partition coefficient (Wildman–Crippen LogP) is 4.06. The number of nitro groups is 1. The van der Waals surface area contributed by atoms with Crippen molar-refractivity contribution >= 4 is 33.4 Å². The zero-order valence-electron chi connectivity index (χ0n) is 14.6. The van der Waals surface area contributed by atoms with Crippen molar-refractivity contribution in [1.82, 2.24) is 24.5 Å². The quantitative estimate of drug-likeness (QED) is 0.288. The van der Waals surface area contributed by atoms with Gasteiger partial charge >= 0.3 is 5.69 Å². The predicted molar refractivity (Wildman–Crippen MR) is 104 cm³/mol. The molecule has 0 amide bonds. The van der Waals surface area contributed by atoms with Gasteiger partial charge in [-0.05, 0) is 38.1 Å². The molecule has 0 saturated carbocycles. The van der Waals surface area contributed by atoms with Crippen molar-refractivity contribution in [2.45, 2.75) is 37.5 Å². The van der Waals surface area contributed by atoms with E-state index in [2.05, 4.69) is 31.2 Å². The van der Waals surface area contributed by atoms with Crippen LogP contribution in [-0.2, 0) is 12.4 Å². The van der Waals surface area contributed by atoms with E-state index in [0.29, 0.717) is 17.6 Å². The van der Waals surface area contributed by atoms with Crippen molar-refractivity contribution in [3.05, 3.63) is 57.1 Å². The molecule has 0 N–H and O–H groups in total. The minimum Gasteiger partial charge on any atom is -0.483 e. The van der Waals surface area contributed by atoms with Gasteiger partial charge in [0.1, 0.15) is 18.1 Å². The monoisotopic (exact) mass is 452 g/mol. The van der Waals surface area contributed by atoms with Crippen molar-refractivity contribution in [3.63, 3.8) is 0 Å². The van der Waals surface area contributed by atoms with Crippen LogP contribution in [0.25, 0.3) is 0 Å². The molecule has 1 aromatic carbocycles. The van der Waals surface area contributed by atoms with Gasteiger partial charge in [-0.15, -0.1) is 10.2 Å². The van der Waals surface area contributed by atoms with E-state index < -0.39 is 4.92 Å². The van der Waals surface area contributed by atoms with Gasteiger partial charge in [0, 0.05) is 11.0 Å². The van der Waals surface area contributed by atoms with Crippen LogP contribution in [0.15, 0.2) is 46.3 Å². The van der Waals surface area contributed by atoms with E-state index in [1.54, 1.807) is 0 Å². The maximum atomic E-state index is 10.7. The highest BCUT2D eigenvalue weighted by atomic mass is 79.9. The normalized spacial score (nSPS) is 12.1. The Morgan fingerprint density at radius 1 is 1.33 bits per heavy atom. The number of aromatic nitrogens is 5. The summed E-state index contributed by atoms with van der Waals surface area (Å²) in [6.45, 7) is 4.60. The summed E-state index contributed by atoms with van der Waals surface area (Å²) >= 11 is 4.80. The average Bonchev–Trinajstić information content (AvgIpc) is 3.28. The highest BCUT2D eigenvalue weighted by Crippen LogP contribution is 2.26. The maximum Gasteiger partial charge on any atom is 0.307 e. The Labute approximate surface area is 168 Å². The molecular weight excluding hydrogens is 436 g/mol. The summed E-state index contributed by atoms with van der Waals surface area (Å²) in [4.78, 5) is 10.3. The van der Waals surface area contributed by atoms with Gasteiger partial charge < -0.3 is 9.30 Å². The lowest BCUT2D eigenvalue weighted by Crippen LogP contribution is -2.12. The Morgan fingerprint density at radius 2 is 2.07 bits per heavy atom. The molecule has 2 heterocycles. The number of ether oxygens (including phenoxy) is 1. The molecule has 0 saturated heterocycles. The summed E-state index contributed by atoms with van der Waals surface area (Å²) in [5, 5.41) is 23.9. The third-order valence-corrected chi connectivity index (χ3v) is 5.19. The molecule has 3 rings (SSSR count). The molecule has 3 aromatic rings. The fourth-order valence-corrected chi connectivity index (χ4v) is 3.55. The van der Waals surface area contributed by atoms with Crippen LogP contribution in [0.5, 0.6) is 5.75 Å². The topological polar surface area (TPSA) is 101 Å². The largest absolute Gasteiger partial charge is 0.483 e. The smallest absolute Gasteiger partial charge is 0.307 e. The molecule has 0 aliphatic carbocycles. The first-order valence-electron chi connectivity index (χ1n) is 8.13. The van der Waals surface area contributed by atoms with Crippen molar-refractivity contribution in [2.75, 3.05) is 0 Å². The van der Waals surface area contributed by atoms with Crippen LogP contribution >= 0.6 is 27.7 Å². The van der Waals surface area contributed by atoms with E-state index in [9.17, 15) is 10.1 Å². The van der Waals surface area contributed by atoms with E-state index >= 15 is 0 Å². The van der Waals surface area contributed by atoms with Gasteiger partial charge in [0.15, 0.2) is 17.1 Å². The van der Waals surface area contributed by atoms with E-state index in [-0.39, 0.29) is 11.8 Å². The number of thioether (sulfide) groups is 1. The maximum absolute atomic E-state index is 10.7. The molecule has 11 heteroatoms. The zero-order valence-corrected chi connectivity index (χ0v) is 17.1. The second-order valence-corrected chi connectivity index (χ2v) is 7.40. The first-order chi connectivity index (χ1) is 13.0. The fraction of sp³-hybridized carbons (Fsp3) is 0.312. The molecule has 0 aliphatic heterocycles. The minimum atomic E-state index is -0.470. The van der Waals surface area contributed by atoms with Crippen molar-refractivity contribution in [3.8, 4) is 5.75 Å². The zero-order chi connectivity index (χ0) is 19.4. The Morgan fingerprint density at radius 3 is 2.70 bits per heavy atom. The number of hydrogen-bond acceptors (Lipinski definition) is 7. The SMILES string of the molecule is CCn1c(SCn2cc([N+](=O)[O-])cn2)nnc1C(C)Oc1ccc(Br)cc1. The number of halogens is 1. The lowest BCUT2D eigenvalue weighted by atomic mass is 10.3. The Balaban J connectivity index is 1.69. The van der Waals surface area contributed by atoms with Crippen LogP contribution in [0.2, 0.25) is 0 Å². The molecule has 2 aromatic heterocycles. The second kappa shape index (κ2) is 8.53. The van der Waals surface area contributed by atoms with E-state index in [1.807, 2.05) is 42.7 Å². The molecule has 1 atom stereocenters. The van der Waals surface area contributed by atoms with Crippen molar-refractivity contribution in [1.29, 1.82) is 0 Å². The summed E-state index contributed by atoms with van der Waals surface area (Å²) in [6, 6.07) is 7.59. The van der Waals surface area contributed by atoms with Gasteiger partial charge in [-0.2, -0.15) is 5.10 Å². The molecule has 0 spiro atoms. The first kappa shape index (κ1) is 19.4. The molecule has 9 nitrogen and oxygen atoms in total. The summed E-state index contributed by atoms with van der Waals surface area (Å²) in [6.07, 6.45) is 2.34. The van der Waals surface area contributed by atoms with Crippen molar-refractivity contribution < 1.29 is 9.66 Å². The first-order valence-corrected chi connectivity index (χ1v) is 9.90. The van der Waals surface area contributed by atoms with Crippen LogP contribution in [-0.4, -0.2) is 29.5 Å². The summed E-state index contributed by atoms with van der Waals surface area (Å²) in [5.74, 6) is 1.86. The Bertz CT molecular complexity index is 927. The molecule has 1 unspecified atom stereocenters. The molecule has 27 heavy (non-hydrogen) atoms. The van der Waals surface area contributed by atoms with Gasteiger partial charge in [-0.1, -0.05) is 27.7 Å². The van der Waals surface area contributed by atoms with Gasteiger partial charge in [-0.3, -0.25) is 14.8 Å². The standard InChI is InChI=1S/C16H17BrN6O3S/c1-3-22-15(11(2)26-14-6-4-12(17)5-7-14)19-20-16(22)27-10-21-9-13(8-18-21)23(24)25/h4-9,11H,3,10H2,1-2H3. The lowest BCUT2D eigenvalue weighted by Gasteiger charge is -2.15. The third-order valence-electron chi connectivity index (χ3n) is 3.71. The Hall–Kier alpha value is -2.40. The molecule has 0 aliphatic rings. The minimum absolute atomic E-state index is 0.0373. The highest BCUT2D eigenvalue weighted by molar-refractivity contribution is 9.10. The fourth-order valence-electron chi connectivity index (χ4n) is 2.42. The summed E-state index contributed by atoms with van der Waals surface area (Å²) < 4.78 is 10.4. The highest BCUT2D eigenvalue weighted by Gasteiger charge is 2.19. The molecule has 142 valence electrons. The number of rotatable bonds is 8. The van der Waals surface area contributed by atoms with Crippen LogP contribution in [0.4, 0.5) is 5.69 Å². The van der Waals surface area contributed by atoms with Crippen LogP contribution in [0, 0.1) is 10.1 Å². The molecule has 0 radical (unpaired) electrons. The molecular formula is C16H17BrN6O3S. The van der Waals surface area contributed by atoms with E-state index in [4.69, 9.17) is 4.74 Å². The van der Waals surface area contributed by atoms with E-state index in [1.165, 1.54) is 28.8 Å².